The van der Waals surface area contributed by atoms with E-state index in [2.05, 4.69) is 4.98 Å². The van der Waals surface area contributed by atoms with Crippen molar-refractivity contribution in [2.45, 2.75) is 6.54 Å². The largest absolute Gasteiger partial charge is 0.478 e. The molecule has 1 heterocycles. The normalized spacial score (nSPS) is 10.2. The van der Waals surface area contributed by atoms with Crippen LogP contribution < -0.4 is 4.90 Å². The number of aliphatic hydroxyl groups excluding tert-OH is 1. The van der Waals surface area contributed by atoms with Crippen molar-refractivity contribution in [2.75, 3.05) is 18.1 Å². The maximum Gasteiger partial charge on any atom is 0.339 e. The van der Waals surface area contributed by atoms with Crippen LogP contribution in [0.5, 0.6) is 0 Å². The van der Waals surface area contributed by atoms with Crippen LogP contribution in [0.15, 0.2) is 48.8 Å². The Morgan fingerprint density at radius 3 is 2.60 bits per heavy atom. The van der Waals surface area contributed by atoms with Gasteiger partial charge in [-0.05, 0) is 11.6 Å². The van der Waals surface area contributed by atoms with E-state index in [9.17, 15) is 15.0 Å². The van der Waals surface area contributed by atoms with E-state index in [1.165, 1.54) is 6.20 Å². The molecule has 1 aromatic heterocycles. The minimum atomic E-state index is -1.02. The van der Waals surface area contributed by atoms with Crippen LogP contribution in [0.4, 0.5) is 5.69 Å². The number of rotatable bonds is 6. The molecule has 0 unspecified atom stereocenters. The number of hydrogen-bond donors (Lipinski definition) is 2. The number of aliphatic hydroxyl groups is 1. The minimum absolute atomic E-state index is 0.0474. The Hall–Kier alpha value is -2.40. The van der Waals surface area contributed by atoms with Gasteiger partial charge in [-0.3, -0.25) is 4.98 Å². The lowest BCUT2D eigenvalue weighted by atomic mass is 10.1. The Bertz CT molecular complexity index is 572. The number of aromatic carboxylic acids is 1. The van der Waals surface area contributed by atoms with Crippen LogP contribution in [-0.2, 0) is 6.54 Å². The lowest BCUT2D eigenvalue weighted by molar-refractivity contribution is 0.0697. The summed E-state index contributed by atoms with van der Waals surface area (Å²) in [4.78, 5) is 16.9. The third-order valence-corrected chi connectivity index (χ3v) is 2.96. The lowest BCUT2D eigenvalue weighted by Gasteiger charge is -2.25. The second-order valence-electron chi connectivity index (χ2n) is 4.33. The molecule has 0 aliphatic heterocycles. The van der Waals surface area contributed by atoms with Crippen molar-refractivity contribution >= 4 is 11.7 Å². The highest BCUT2D eigenvalue weighted by molar-refractivity contribution is 5.94. The second kappa shape index (κ2) is 6.68. The van der Waals surface area contributed by atoms with E-state index in [1.54, 1.807) is 12.3 Å². The first-order valence-electron chi connectivity index (χ1n) is 6.29. The van der Waals surface area contributed by atoms with Crippen molar-refractivity contribution in [3.8, 4) is 0 Å². The van der Waals surface area contributed by atoms with Crippen LogP contribution in [0.3, 0.4) is 0 Å². The molecular weight excluding hydrogens is 256 g/mol. The predicted octanol–water partition coefficient (Wildman–Crippen LogP) is 1.78. The monoisotopic (exact) mass is 272 g/mol. The summed E-state index contributed by atoms with van der Waals surface area (Å²) >= 11 is 0. The van der Waals surface area contributed by atoms with E-state index >= 15 is 0 Å². The van der Waals surface area contributed by atoms with Gasteiger partial charge in [0.15, 0.2) is 0 Å². The van der Waals surface area contributed by atoms with Gasteiger partial charge >= 0.3 is 5.97 Å². The summed E-state index contributed by atoms with van der Waals surface area (Å²) < 4.78 is 0. The van der Waals surface area contributed by atoms with Crippen molar-refractivity contribution in [3.05, 3.63) is 59.9 Å². The number of aromatic nitrogens is 1. The molecule has 2 N–H and O–H groups in total. The van der Waals surface area contributed by atoms with Gasteiger partial charge in [0.25, 0.3) is 0 Å². The third-order valence-electron chi connectivity index (χ3n) is 2.96. The number of pyridine rings is 1. The Kier molecular flexibility index (Phi) is 4.68. The standard InChI is InChI=1S/C15H16N2O3/c18-9-8-17(11-12-4-2-1-3-5-12)14-6-7-16-10-13(14)15(19)20/h1-7,10,18H,8-9,11H2,(H,19,20). The second-order valence-corrected chi connectivity index (χ2v) is 4.33. The zero-order valence-corrected chi connectivity index (χ0v) is 10.9. The third kappa shape index (κ3) is 3.33. The van der Waals surface area contributed by atoms with Crippen molar-refractivity contribution < 1.29 is 15.0 Å². The summed E-state index contributed by atoms with van der Waals surface area (Å²) in [6.45, 7) is 0.846. The SMILES string of the molecule is O=C(O)c1cnccc1N(CCO)Cc1ccccc1. The van der Waals surface area contributed by atoms with Gasteiger partial charge in [0, 0.05) is 25.5 Å². The minimum Gasteiger partial charge on any atom is -0.478 e. The molecule has 2 aromatic rings. The Morgan fingerprint density at radius 1 is 1.20 bits per heavy atom. The van der Waals surface area contributed by atoms with E-state index < -0.39 is 5.97 Å². The van der Waals surface area contributed by atoms with Crippen molar-refractivity contribution in [1.82, 2.24) is 4.98 Å². The topological polar surface area (TPSA) is 73.7 Å². The smallest absolute Gasteiger partial charge is 0.339 e. The summed E-state index contributed by atoms with van der Waals surface area (Å²) in [5, 5.41) is 18.4. The first-order chi connectivity index (χ1) is 9.72. The number of benzene rings is 1. The quantitative estimate of drug-likeness (QED) is 0.838. The molecule has 0 spiro atoms. The number of carboxylic acids is 1. The first-order valence-corrected chi connectivity index (χ1v) is 6.29. The van der Waals surface area contributed by atoms with E-state index in [-0.39, 0.29) is 12.2 Å². The van der Waals surface area contributed by atoms with Gasteiger partial charge in [0.1, 0.15) is 5.56 Å². The van der Waals surface area contributed by atoms with E-state index in [1.807, 2.05) is 35.2 Å². The van der Waals surface area contributed by atoms with E-state index in [0.29, 0.717) is 18.8 Å². The highest BCUT2D eigenvalue weighted by Crippen LogP contribution is 2.21. The lowest BCUT2D eigenvalue weighted by Crippen LogP contribution is -2.27. The van der Waals surface area contributed by atoms with Crippen molar-refractivity contribution in [2.24, 2.45) is 0 Å². The molecule has 0 fully saturated rings. The van der Waals surface area contributed by atoms with Gasteiger partial charge in [-0.1, -0.05) is 30.3 Å². The Labute approximate surface area is 117 Å². The molecule has 0 atom stereocenters. The average Bonchev–Trinajstić information content (AvgIpc) is 2.48. The Morgan fingerprint density at radius 2 is 1.95 bits per heavy atom. The number of carbonyl (C=O) groups is 1. The maximum absolute atomic E-state index is 11.3. The Balaban J connectivity index is 2.31. The van der Waals surface area contributed by atoms with Crippen LogP contribution in [0.2, 0.25) is 0 Å². The van der Waals surface area contributed by atoms with Gasteiger partial charge in [0.05, 0.1) is 12.3 Å². The fraction of sp³-hybridized carbons (Fsp3) is 0.200. The maximum atomic E-state index is 11.3. The summed E-state index contributed by atoms with van der Waals surface area (Å²) in [6, 6.07) is 11.4. The van der Waals surface area contributed by atoms with Gasteiger partial charge < -0.3 is 15.1 Å². The first kappa shape index (κ1) is 14.0. The zero-order valence-electron chi connectivity index (χ0n) is 10.9. The zero-order chi connectivity index (χ0) is 14.4. The summed E-state index contributed by atoms with van der Waals surface area (Å²) in [7, 11) is 0. The summed E-state index contributed by atoms with van der Waals surface area (Å²) in [5.74, 6) is -1.02. The van der Waals surface area contributed by atoms with Crippen LogP contribution in [0, 0.1) is 0 Å². The molecule has 0 aliphatic rings. The average molecular weight is 272 g/mol. The van der Waals surface area contributed by atoms with Crippen molar-refractivity contribution in [3.63, 3.8) is 0 Å². The molecule has 104 valence electrons. The highest BCUT2D eigenvalue weighted by atomic mass is 16.4. The molecule has 1 aromatic carbocycles. The molecule has 5 nitrogen and oxygen atoms in total. The van der Waals surface area contributed by atoms with Crippen LogP contribution in [0.1, 0.15) is 15.9 Å². The number of anilines is 1. The number of hydrogen-bond acceptors (Lipinski definition) is 4. The molecule has 0 aliphatic carbocycles. The molecule has 0 bridgehead atoms. The summed E-state index contributed by atoms with van der Waals surface area (Å²) in [6.07, 6.45) is 2.88. The van der Waals surface area contributed by atoms with Crippen LogP contribution >= 0.6 is 0 Å². The fourth-order valence-corrected chi connectivity index (χ4v) is 2.04. The molecule has 0 saturated carbocycles. The fourth-order valence-electron chi connectivity index (χ4n) is 2.04. The van der Waals surface area contributed by atoms with Gasteiger partial charge in [-0.15, -0.1) is 0 Å². The van der Waals surface area contributed by atoms with Gasteiger partial charge in [-0.2, -0.15) is 0 Å². The molecule has 0 saturated heterocycles. The molecule has 5 heteroatoms. The summed E-state index contributed by atoms with van der Waals surface area (Å²) in [5.41, 5.74) is 1.75. The number of nitrogens with zero attached hydrogens (tertiary/aromatic N) is 2. The van der Waals surface area contributed by atoms with Gasteiger partial charge in [-0.25, -0.2) is 4.79 Å². The molecular formula is C15H16N2O3. The molecule has 2 rings (SSSR count). The van der Waals surface area contributed by atoms with Gasteiger partial charge in [0.2, 0.25) is 0 Å². The predicted molar refractivity (Wildman–Crippen MR) is 75.8 cm³/mol. The number of carboxylic acid groups (broad SMARTS) is 1. The van der Waals surface area contributed by atoms with Crippen LogP contribution in [0.25, 0.3) is 0 Å². The van der Waals surface area contributed by atoms with Crippen LogP contribution in [-0.4, -0.2) is 34.3 Å². The highest BCUT2D eigenvalue weighted by Gasteiger charge is 2.16. The van der Waals surface area contributed by atoms with E-state index in [0.717, 1.165) is 5.56 Å². The van der Waals surface area contributed by atoms with Crippen molar-refractivity contribution in [1.29, 1.82) is 0 Å². The molecule has 0 radical (unpaired) electrons. The molecule has 20 heavy (non-hydrogen) atoms. The van der Waals surface area contributed by atoms with E-state index in [4.69, 9.17) is 0 Å². The molecule has 0 amide bonds.